The summed E-state index contributed by atoms with van der Waals surface area (Å²) < 4.78 is 1.96. The molecule has 1 aromatic heterocycles. The van der Waals surface area contributed by atoms with Gasteiger partial charge in [0.25, 0.3) is 0 Å². The molecule has 1 heterocycles. The summed E-state index contributed by atoms with van der Waals surface area (Å²) >= 11 is 0. The molecule has 2 unspecified atom stereocenters. The molecule has 0 spiro atoms. The molecule has 1 fully saturated rings. The highest BCUT2D eigenvalue weighted by atomic mass is 15.3. The topological polar surface area (TPSA) is 53.6 Å². The molecule has 1 aliphatic rings. The number of rotatable bonds is 5. The minimum Gasteiger partial charge on any atom is -0.314 e. The molecule has 0 aromatic carbocycles. The summed E-state index contributed by atoms with van der Waals surface area (Å²) in [5, 5.41) is 16.6. The Hall–Kier alpha value is -1.34. The highest BCUT2D eigenvalue weighted by Crippen LogP contribution is 2.23. The molecule has 0 saturated heterocycles. The molecular weight excluding hydrogens is 212 g/mol. The summed E-state index contributed by atoms with van der Waals surface area (Å²) in [5.41, 5.74) is 0. The largest absolute Gasteiger partial charge is 0.314 e. The van der Waals surface area contributed by atoms with Crippen molar-refractivity contribution < 1.29 is 0 Å². The van der Waals surface area contributed by atoms with Crippen molar-refractivity contribution in [3.05, 3.63) is 18.5 Å². The van der Waals surface area contributed by atoms with Crippen LogP contribution >= 0.6 is 0 Å². The third-order valence-electron chi connectivity index (χ3n) is 3.41. The lowest BCUT2D eigenvalue weighted by Gasteiger charge is -2.26. The summed E-state index contributed by atoms with van der Waals surface area (Å²) in [4.78, 5) is 0. The van der Waals surface area contributed by atoms with E-state index in [0.29, 0.717) is 6.04 Å². The van der Waals surface area contributed by atoms with Crippen molar-refractivity contribution in [1.82, 2.24) is 15.1 Å². The van der Waals surface area contributed by atoms with Gasteiger partial charge in [-0.3, -0.25) is 4.68 Å². The van der Waals surface area contributed by atoms with Gasteiger partial charge in [-0.25, -0.2) is 0 Å². The SMILES string of the molecule is N#CC1CCCC(NCCCn2cccn2)C1. The van der Waals surface area contributed by atoms with Gasteiger partial charge in [-0.2, -0.15) is 10.4 Å². The Bertz CT molecular complexity index is 352. The van der Waals surface area contributed by atoms with E-state index < -0.39 is 0 Å². The summed E-state index contributed by atoms with van der Waals surface area (Å²) in [6.07, 6.45) is 9.42. The maximum Gasteiger partial charge on any atom is 0.0656 e. The molecule has 92 valence electrons. The van der Waals surface area contributed by atoms with Gasteiger partial charge in [-0.05, 0) is 38.3 Å². The van der Waals surface area contributed by atoms with Crippen LogP contribution in [-0.2, 0) is 6.54 Å². The first-order valence-electron chi connectivity index (χ1n) is 6.49. The zero-order chi connectivity index (χ0) is 11.9. The van der Waals surface area contributed by atoms with E-state index >= 15 is 0 Å². The van der Waals surface area contributed by atoms with E-state index in [2.05, 4.69) is 16.5 Å². The van der Waals surface area contributed by atoms with Crippen molar-refractivity contribution in [2.24, 2.45) is 5.92 Å². The minimum absolute atomic E-state index is 0.271. The fourth-order valence-electron chi connectivity index (χ4n) is 2.47. The molecular formula is C13H20N4. The standard InChI is InChI=1S/C13H20N4/c14-11-12-4-1-5-13(10-12)15-6-2-8-17-9-3-7-16-17/h3,7,9,12-13,15H,1-2,4-6,8,10H2. The molecule has 1 N–H and O–H groups in total. The number of nitriles is 1. The zero-order valence-electron chi connectivity index (χ0n) is 10.2. The third kappa shape index (κ3) is 3.86. The number of nitrogens with one attached hydrogen (secondary N) is 1. The average Bonchev–Trinajstić information content (AvgIpc) is 2.88. The van der Waals surface area contributed by atoms with Crippen LogP contribution in [0.4, 0.5) is 0 Å². The zero-order valence-corrected chi connectivity index (χ0v) is 10.2. The maximum absolute atomic E-state index is 8.92. The molecule has 1 aromatic rings. The first-order chi connectivity index (χ1) is 8.38. The Morgan fingerprint density at radius 1 is 1.47 bits per heavy atom. The van der Waals surface area contributed by atoms with Crippen molar-refractivity contribution in [3.8, 4) is 6.07 Å². The fraction of sp³-hybridized carbons (Fsp3) is 0.692. The molecule has 4 nitrogen and oxygen atoms in total. The molecule has 2 rings (SSSR count). The predicted octanol–water partition coefficient (Wildman–Crippen LogP) is 1.95. The Morgan fingerprint density at radius 3 is 3.18 bits per heavy atom. The van der Waals surface area contributed by atoms with Gasteiger partial charge >= 0.3 is 0 Å². The normalized spacial score (nSPS) is 24.4. The van der Waals surface area contributed by atoms with E-state index in [1.807, 2.05) is 23.1 Å². The monoisotopic (exact) mass is 232 g/mol. The molecule has 0 bridgehead atoms. The number of aromatic nitrogens is 2. The van der Waals surface area contributed by atoms with Crippen molar-refractivity contribution in [3.63, 3.8) is 0 Å². The van der Waals surface area contributed by atoms with Gasteiger partial charge in [-0.1, -0.05) is 6.42 Å². The minimum atomic E-state index is 0.271. The molecule has 1 saturated carbocycles. The second kappa shape index (κ2) is 6.41. The van der Waals surface area contributed by atoms with Gasteiger partial charge in [0.2, 0.25) is 0 Å². The van der Waals surface area contributed by atoms with Crippen molar-refractivity contribution in [1.29, 1.82) is 5.26 Å². The second-order valence-electron chi connectivity index (χ2n) is 4.77. The number of aryl methyl sites for hydroxylation is 1. The number of hydrogen-bond donors (Lipinski definition) is 1. The highest BCUT2D eigenvalue weighted by molar-refractivity contribution is 4.90. The fourth-order valence-corrected chi connectivity index (χ4v) is 2.47. The summed E-state index contributed by atoms with van der Waals surface area (Å²) in [7, 11) is 0. The van der Waals surface area contributed by atoms with Crippen LogP contribution in [0, 0.1) is 17.2 Å². The molecule has 0 amide bonds. The summed E-state index contributed by atoms with van der Waals surface area (Å²) in [6.45, 7) is 1.98. The Labute approximate surface area is 103 Å². The van der Waals surface area contributed by atoms with E-state index in [1.54, 1.807) is 0 Å². The van der Waals surface area contributed by atoms with E-state index in [9.17, 15) is 0 Å². The molecule has 17 heavy (non-hydrogen) atoms. The summed E-state index contributed by atoms with van der Waals surface area (Å²) in [6, 6.07) is 4.89. The third-order valence-corrected chi connectivity index (χ3v) is 3.41. The Balaban J connectivity index is 1.60. The van der Waals surface area contributed by atoms with Gasteiger partial charge in [0.05, 0.1) is 6.07 Å². The van der Waals surface area contributed by atoms with Gasteiger partial charge in [0.1, 0.15) is 0 Å². The van der Waals surface area contributed by atoms with Crippen molar-refractivity contribution in [2.45, 2.75) is 44.7 Å². The second-order valence-corrected chi connectivity index (χ2v) is 4.77. The van der Waals surface area contributed by atoms with Crippen LogP contribution in [0.2, 0.25) is 0 Å². The van der Waals surface area contributed by atoms with Crippen LogP contribution < -0.4 is 5.32 Å². The number of hydrogen-bond acceptors (Lipinski definition) is 3. The predicted molar refractivity (Wildman–Crippen MR) is 66.2 cm³/mol. The Kier molecular flexibility index (Phi) is 4.57. The van der Waals surface area contributed by atoms with Crippen molar-refractivity contribution in [2.75, 3.05) is 6.54 Å². The van der Waals surface area contributed by atoms with Crippen molar-refractivity contribution >= 4 is 0 Å². The lowest BCUT2D eigenvalue weighted by atomic mass is 9.87. The lowest BCUT2D eigenvalue weighted by Crippen LogP contribution is -2.34. The quantitative estimate of drug-likeness (QED) is 0.789. The Morgan fingerprint density at radius 2 is 2.41 bits per heavy atom. The van der Waals surface area contributed by atoms with E-state index in [4.69, 9.17) is 5.26 Å². The van der Waals surface area contributed by atoms with Gasteiger partial charge in [0.15, 0.2) is 0 Å². The first kappa shape index (κ1) is 12.1. The maximum atomic E-state index is 8.92. The first-order valence-corrected chi connectivity index (χ1v) is 6.49. The summed E-state index contributed by atoms with van der Waals surface area (Å²) in [5.74, 6) is 0.271. The van der Waals surface area contributed by atoms with Gasteiger partial charge < -0.3 is 5.32 Å². The molecule has 0 radical (unpaired) electrons. The van der Waals surface area contributed by atoms with Crippen LogP contribution in [0.1, 0.15) is 32.1 Å². The van der Waals surface area contributed by atoms with Crippen LogP contribution in [0.15, 0.2) is 18.5 Å². The molecule has 0 aliphatic heterocycles. The van der Waals surface area contributed by atoms with Crippen LogP contribution in [0.5, 0.6) is 0 Å². The number of nitrogens with zero attached hydrogens (tertiary/aromatic N) is 3. The van der Waals surface area contributed by atoms with Crippen LogP contribution in [0.25, 0.3) is 0 Å². The van der Waals surface area contributed by atoms with Crippen LogP contribution in [0.3, 0.4) is 0 Å². The highest BCUT2D eigenvalue weighted by Gasteiger charge is 2.20. The molecule has 2 atom stereocenters. The van der Waals surface area contributed by atoms with E-state index in [0.717, 1.165) is 32.4 Å². The van der Waals surface area contributed by atoms with Crippen LogP contribution in [-0.4, -0.2) is 22.4 Å². The van der Waals surface area contributed by atoms with E-state index in [-0.39, 0.29) is 5.92 Å². The van der Waals surface area contributed by atoms with E-state index in [1.165, 1.54) is 12.8 Å². The molecule has 4 heteroatoms. The lowest BCUT2D eigenvalue weighted by molar-refractivity contribution is 0.324. The average molecular weight is 232 g/mol. The van der Waals surface area contributed by atoms with Gasteiger partial charge in [-0.15, -0.1) is 0 Å². The smallest absolute Gasteiger partial charge is 0.0656 e. The molecule has 1 aliphatic carbocycles. The van der Waals surface area contributed by atoms with Gasteiger partial charge in [0, 0.05) is 30.9 Å².